The predicted octanol–water partition coefficient (Wildman–Crippen LogP) is 1.33. The third-order valence-electron chi connectivity index (χ3n) is 4.46. The van der Waals surface area contributed by atoms with Gasteiger partial charge in [-0.25, -0.2) is 4.79 Å². The summed E-state index contributed by atoms with van der Waals surface area (Å²) in [6.07, 6.45) is -0.378. The second kappa shape index (κ2) is 7.55. The van der Waals surface area contributed by atoms with Crippen molar-refractivity contribution in [2.24, 2.45) is 0 Å². The minimum Gasteiger partial charge on any atom is -0.450 e. The van der Waals surface area contributed by atoms with Crippen molar-refractivity contribution in [3.05, 3.63) is 40.2 Å². The number of hydrogen-bond donors (Lipinski definition) is 0. The summed E-state index contributed by atoms with van der Waals surface area (Å²) in [6, 6.07) is 7.14. The first-order valence-corrected chi connectivity index (χ1v) is 8.77. The zero-order valence-electron chi connectivity index (χ0n) is 15.0. The molecule has 0 atom stereocenters. The Kier molecular flexibility index (Phi) is 5.20. The van der Waals surface area contributed by atoms with Gasteiger partial charge in [0.1, 0.15) is 0 Å². The summed E-state index contributed by atoms with van der Waals surface area (Å²) >= 11 is 0. The minimum atomic E-state index is -0.397. The van der Waals surface area contributed by atoms with Crippen molar-refractivity contribution in [1.82, 2.24) is 19.6 Å². The van der Waals surface area contributed by atoms with E-state index in [-0.39, 0.29) is 17.2 Å². The van der Waals surface area contributed by atoms with Gasteiger partial charge in [0.05, 0.1) is 12.1 Å². The summed E-state index contributed by atoms with van der Waals surface area (Å²) in [7, 11) is 0. The van der Waals surface area contributed by atoms with Crippen LogP contribution >= 0.6 is 0 Å². The van der Waals surface area contributed by atoms with Crippen LogP contribution in [0.4, 0.5) is 4.79 Å². The van der Waals surface area contributed by atoms with Crippen molar-refractivity contribution in [2.75, 3.05) is 32.8 Å². The molecule has 0 spiro atoms. The first kappa shape index (κ1) is 17.9. The van der Waals surface area contributed by atoms with Crippen molar-refractivity contribution in [2.45, 2.75) is 20.4 Å². The normalized spacial score (nSPS) is 14.5. The molecule has 2 amide bonds. The molecular formula is C18H22N4O4. The molecule has 1 saturated heterocycles. The van der Waals surface area contributed by atoms with Crippen molar-refractivity contribution in [1.29, 1.82) is 0 Å². The standard InChI is InChI=1S/C18H22N4O4/c1-3-22-14-8-6-5-7-13(14)16(23)15(19-22)17(24)20-9-11-21(12-10-20)18(25)26-4-2/h5-8H,3-4,9-12H2,1-2H3. The Labute approximate surface area is 150 Å². The number of rotatable bonds is 3. The number of aromatic nitrogens is 2. The highest BCUT2D eigenvalue weighted by Gasteiger charge is 2.28. The molecular weight excluding hydrogens is 336 g/mol. The van der Waals surface area contributed by atoms with Crippen molar-refractivity contribution in [3.63, 3.8) is 0 Å². The van der Waals surface area contributed by atoms with E-state index in [4.69, 9.17) is 4.74 Å². The maximum Gasteiger partial charge on any atom is 0.409 e. The lowest BCUT2D eigenvalue weighted by Gasteiger charge is -2.33. The van der Waals surface area contributed by atoms with E-state index in [9.17, 15) is 14.4 Å². The van der Waals surface area contributed by atoms with Crippen molar-refractivity contribution < 1.29 is 14.3 Å². The van der Waals surface area contributed by atoms with Gasteiger partial charge in [-0.05, 0) is 26.0 Å². The molecule has 0 bridgehead atoms. The van der Waals surface area contributed by atoms with Crippen LogP contribution in [0.3, 0.4) is 0 Å². The van der Waals surface area contributed by atoms with Gasteiger partial charge in [-0.3, -0.25) is 14.3 Å². The van der Waals surface area contributed by atoms with Crippen LogP contribution < -0.4 is 5.43 Å². The molecule has 1 fully saturated rings. The van der Waals surface area contributed by atoms with Crippen molar-refractivity contribution in [3.8, 4) is 0 Å². The Morgan fingerprint density at radius 2 is 1.73 bits per heavy atom. The lowest BCUT2D eigenvalue weighted by atomic mass is 10.2. The molecule has 8 nitrogen and oxygen atoms in total. The molecule has 1 aliphatic heterocycles. The molecule has 3 rings (SSSR count). The molecule has 8 heteroatoms. The number of ether oxygens (including phenoxy) is 1. The van der Waals surface area contributed by atoms with Crippen LogP contribution in [0.15, 0.2) is 29.1 Å². The quantitative estimate of drug-likeness (QED) is 0.826. The Bertz CT molecular complexity index is 884. The molecule has 0 radical (unpaired) electrons. The Morgan fingerprint density at radius 1 is 1.08 bits per heavy atom. The molecule has 0 aliphatic carbocycles. The Morgan fingerprint density at radius 3 is 2.38 bits per heavy atom. The van der Waals surface area contributed by atoms with Gasteiger partial charge in [0.15, 0.2) is 5.69 Å². The number of carbonyl (C=O) groups is 2. The largest absolute Gasteiger partial charge is 0.450 e. The molecule has 0 N–H and O–H groups in total. The number of amides is 2. The number of carbonyl (C=O) groups excluding carboxylic acids is 2. The van der Waals surface area contributed by atoms with Gasteiger partial charge in [-0.1, -0.05) is 12.1 Å². The van der Waals surface area contributed by atoms with E-state index in [1.54, 1.807) is 33.5 Å². The number of para-hydroxylation sites is 1. The summed E-state index contributed by atoms with van der Waals surface area (Å²) in [4.78, 5) is 40.5. The summed E-state index contributed by atoms with van der Waals surface area (Å²) in [5.41, 5.74) is 0.280. The van der Waals surface area contributed by atoms with Crippen LogP contribution in [0.5, 0.6) is 0 Å². The molecule has 1 aromatic heterocycles. The zero-order valence-corrected chi connectivity index (χ0v) is 15.0. The predicted molar refractivity (Wildman–Crippen MR) is 96.2 cm³/mol. The third kappa shape index (κ3) is 3.26. The second-order valence-electron chi connectivity index (χ2n) is 5.99. The van der Waals surface area contributed by atoms with Gasteiger partial charge in [-0.15, -0.1) is 0 Å². The summed E-state index contributed by atoms with van der Waals surface area (Å²) < 4.78 is 6.64. The average molecular weight is 358 g/mol. The Balaban J connectivity index is 1.84. The first-order chi connectivity index (χ1) is 12.6. The lowest BCUT2D eigenvalue weighted by molar-refractivity contribution is 0.0563. The van der Waals surface area contributed by atoms with E-state index in [0.717, 1.165) is 0 Å². The first-order valence-electron chi connectivity index (χ1n) is 8.77. The maximum absolute atomic E-state index is 12.9. The van der Waals surface area contributed by atoms with Gasteiger partial charge in [0, 0.05) is 38.1 Å². The molecule has 26 heavy (non-hydrogen) atoms. The maximum atomic E-state index is 12.9. The fourth-order valence-corrected chi connectivity index (χ4v) is 3.08. The third-order valence-corrected chi connectivity index (χ3v) is 4.46. The van der Waals surface area contributed by atoms with Crippen LogP contribution in [0.1, 0.15) is 24.3 Å². The SMILES string of the molecule is CCOC(=O)N1CCN(C(=O)c2nn(CC)c3ccccc3c2=O)CC1. The van der Waals surface area contributed by atoms with Gasteiger partial charge in [-0.2, -0.15) is 5.10 Å². The topological polar surface area (TPSA) is 84.7 Å². The van der Waals surface area contributed by atoms with E-state index in [0.29, 0.717) is 50.2 Å². The molecule has 0 saturated carbocycles. The van der Waals surface area contributed by atoms with Crippen LogP contribution in [0.2, 0.25) is 0 Å². The number of aryl methyl sites for hydroxylation is 1. The zero-order chi connectivity index (χ0) is 18.7. The number of hydrogen-bond acceptors (Lipinski definition) is 5. The molecule has 2 aromatic rings. The average Bonchev–Trinajstić information content (AvgIpc) is 2.68. The monoisotopic (exact) mass is 358 g/mol. The van der Waals surface area contributed by atoms with Crippen LogP contribution in [0.25, 0.3) is 10.9 Å². The molecule has 1 aliphatic rings. The number of piperazine rings is 1. The highest BCUT2D eigenvalue weighted by molar-refractivity contribution is 5.95. The van der Waals surface area contributed by atoms with Crippen molar-refractivity contribution >= 4 is 22.9 Å². The summed E-state index contributed by atoms with van der Waals surface area (Å²) in [5.74, 6) is -0.397. The molecule has 2 heterocycles. The van der Waals surface area contributed by atoms with E-state index in [1.165, 1.54) is 0 Å². The van der Waals surface area contributed by atoms with Gasteiger partial charge in [0.2, 0.25) is 5.43 Å². The van der Waals surface area contributed by atoms with Crippen LogP contribution in [0, 0.1) is 0 Å². The lowest BCUT2D eigenvalue weighted by Crippen LogP contribution is -2.51. The van der Waals surface area contributed by atoms with Crippen LogP contribution in [-0.2, 0) is 11.3 Å². The minimum absolute atomic E-state index is 0.0739. The second-order valence-corrected chi connectivity index (χ2v) is 5.99. The number of benzene rings is 1. The highest BCUT2D eigenvalue weighted by atomic mass is 16.6. The van der Waals surface area contributed by atoms with Gasteiger partial charge < -0.3 is 14.5 Å². The highest BCUT2D eigenvalue weighted by Crippen LogP contribution is 2.12. The molecule has 0 unspecified atom stereocenters. The number of fused-ring (bicyclic) bond motifs is 1. The summed E-state index contributed by atoms with van der Waals surface area (Å²) in [5, 5.41) is 4.77. The van der Waals surface area contributed by atoms with E-state index >= 15 is 0 Å². The van der Waals surface area contributed by atoms with Crippen LogP contribution in [-0.4, -0.2) is 64.4 Å². The molecule has 1 aromatic carbocycles. The number of nitrogens with zero attached hydrogens (tertiary/aromatic N) is 4. The van der Waals surface area contributed by atoms with E-state index in [1.807, 2.05) is 19.1 Å². The summed E-state index contributed by atoms with van der Waals surface area (Å²) in [6.45, 7) is 5.97. The fourth-order valence-electron chi connectivity index (χ4n) is 3.08. The van der Waals surface area contributed by atoms with E-state index < -0.39 is 5.91 Å². The van der Waals surface area contributed by atoms with Gasteiger partial charge in [0.25, 0.3) is 5.91 Å². The Hall–Kier alpha value is -2.90. The van der Waals surface area contributed by atoms with Gasteiger partial charge >= 0.3 is 6.09 Å². The molecule has 138 valence electrons. The van der Waals surface area contributed by atoms with E-state index in [2.05, 4.69) is 5.10 Å². The fraction of sp³-hybridized carbons (Fsp3) is 0.444. The smallest absolute Gasteiger partial charge is 0.409 e.